The van der Waals surface area contributed by atoms with Crippen LogP contribution in [0, 0.1) is 5.41 Å². The Morgan fingerprint density at radius 2 is 1.67 bits per heavy atom. The lowest BCUT2D eigenvalue weighted by Gasteiger charge is -1.74. The Balaban J connectivity index is 3.52. The van der Waals surface area contributed by atoms with Gasteiger partial charge >= 0.3 is 0 Å². The van der Waals surface area contributed by atoms with Gasteiger partial charge < -0.3 is 5.41 Å². The molecule has 0 saturated carbocycles. The summed E-state index contributed by atoms with van der Waals surface area (Å²) >= 11 is 0. The van der Waals surface area contributed by atoms with Crippen LogP contribution in [0.3, 0.4) is 0 Å². The van der Waals surface area contributed by atoms with E-state index in [1.807, 2.05) is 0 Å². The van der Waals surface area contributed by atoms with Crippen molar-refractivity contribution in [3.05, 3.63) is 25.3 Å². The molecule has 0 radical (unpaired) electrons. The first-order chi connectivity index (χ1) is 2.81. The van der Waals surface area contributed by atoms with Gasteiger partial charge in [0.05, 0.1) is 5.71 Å². The fourth-order valence-electron chi connectivity index (χ4n) is 0.0833. The van der Waals surface area contributed by atoms with Crippen molar-refractivity contribution in [1.29, 1.82) is 5.41 Å². The molecule has 0 unspecified atom stereocenters. The van der Waals surface area contributed by atoms with E-state index in [0.717, 1.165) is 0 Å². The van der Waals surface area contributed by atoms with E-state index >= 15 is 0 Å². The van der Waals surface area contributed by atoms with E-state index in [9.17, 15) is 0 Å². The Bertz CT molecular complexity index is 71.9. The minimum atomic E-state index is 0.370. The van der Waals surface area contributed by atoms with Crippen LogP contribution < -0.4 is 0 Å². The second-order valence-electron chi connectivity index (χ2n) is 0.864. The molecule has 0 aromatic rings. The summed E-state index contributed by atoms with van der Waals surface area (Å²) in [7, 11) is 0. The van der Waals surface area contributed by atoms with E-state index in [1.54, 1.807) is 0 Å². The van der Waals surface area contributed by atoms with Crippen molar-refractivity contribution in [3.63, 3.8) is 0 Å². The van der Waals surface area contributed by atoms with E-state index in [1.165, 1.54) is 12.2 Å². The first-order valence-electron chi connectivity index (χ1n) is 1.64. The maximum Gasteiger partial charge on any atom is 0.0528 e. The van der Waals surface area contributed by atoms with Gasteiger partial charge in [-0.05, 0) is 12.2 Å². The monoisotopic (exact) mass is 81.1 g/mol. The Morgan fingerprint density at radius 1 is 1.33 bits per heavy atom. The zero-order chi connectivity index (χ0) is 4.99. The molecule has 32 valence electrons. The smallest absolute Gasteiger partial charge is 0.0528 e. The molecule has 0 amide bonds. The van der Waals surface area contributed by atoms with Crippen LogP contribution in [0.15, 0.2) is 25.3 Å². The van der Waals surface area contributed by atoms with Crippen LogP contribution in [0.5, 0.6) is 0 Å². The van der Waals surface area contributed by atoms with E-state index in [0.29, 0.717) is 5.71 Å². The molecule has 1 N–H and O–H groups in total. The van der Waals surface area contributed by atoms with Gasteiger partial charge in [-0.3, -0.25) is 0 Å². The van der Waals surface area contributed by atoms with Gasteiger partial charge in [0.2, 0.25) is 0 Å². The van der Waals surface area contributed by atoms with Crippen molar-refractivity contribution in [2.24, 2.45) is 0 Å². The number of allylic oxidation sites excluding steroid dienone is 2. The molecular weight excluding hydrogens is 74.1 g/mol. The van der Waals surface area contributed by atoms with Crippen LogP contribution in [0.2, 0.25) is 0 Å². The fraction of sp³-hybridized carbons (Fsp3) is 0. The van der Waals surface area contributed by atoms with E-state index in [4.69, 9.17) is 5.41 Å². The molecule has 0 aromatic heterocycles. The third kappa shape index (κ3) is 1.47. The summed E-state index contributed by atoms with van der Waals surface area (Å²) in [5.41, 5.74) is 0.370. The van der Waals surface area contributed by atoms with Gasteiger partial charge in [0.15, 0.2) is 0 Å². The SMILES string of the molecule is C=CC(=N)C=C. The summed E-state index contributed by atoms with van der Waals surface area (Å²) in [4.78, 5) is 0. The Morgan fingerprint density at radius 3 is 1.67 bits per heavy atom. The predicted octanol–water partition coefficient (Wildman–Crippen LogP) is 1.38. The van der Waals surface area contributed by atoms with Crippen LogP contribution in [-0.2, 0) is 0 Å². The van der Waals surface area contributed by atoms with Crippen molar-refractivity contribution in [1.82, 2.24) is 0 Å². The summed E-state index contributed by atoms with van der Waals surface area (Å²) in [6.07, 6.45) is 2.88. The average Bonchev–Trinajstić information content (AvgIpc) is 1.65. The third-order valence-corrected chi connectivity index (χ3v) is 0.440. The van der Waals surface area contributed by atoms with Crippen molar-refractivity contribution in [2.45, 2.75) is 0 Å². The van der Waals surface area contributed by atoms with Crippen LogP contribution in [-0.4, -0.2) is 5.71 Å². The second kappa shape index (κ2) is 2.39. The largest absolute Gasteiger partial charge is 0.301 e. The average molecular weight is 81.1 g/mol. The summed E-state index contributed by atoms with van der Waals surface area (Å²) in [5, 5.41) is 6.75. The molecule has 0 aliphatic heterocycles. The summed E-state index contributed by atoms with van der Waals surface area (Å²) in [6, 6.07) is 0. The third-order valence-electron chi connectivity index (χ3n) is 0.440. The van der Waals surface area contributed by atoms with Crippen LogP contribution in [0.25, 0.3) is 0 Å². The van der Waals surface area contributed by atoms with Gasteiger partial charge in [-0.2, -0.15) is 0 Å². The van der Waals surface area contributed by atoms with Gasteiger partial charge in [-0.1, -0.05) is 13.2 Å². The number of nitrogens with one attached hydrogen (secondary N) is 1. The molecule has 0 spiro atoms. The lowest BCUT2D eigenvalue weighted by Crippen LogP contribution is -1.76. The Labute approximate surface area is 37.5 Å². The summed E-state index contributed by atoms with van der Waals surface area (Å²) in [5.74, 6) is 0. The quantitative estimate of drug-likeness (QED) is 0.485. The Kier molecular flexibility index (Phi) is 2.05. The highest BCUT2D eigenvalue weighted by molar-refractivity contribution is 6.00. The highest BCUT2D eigenvalue weighted by Crippen LogP contribution is 1.69. The molecule has 0 rings (SSSR count). The molecule has 6 heavy (non-hydrogen) atoms. The predicted molar refractivity (Wildman–Crippen MR) is 28.1 cm³/mol. The zero-order valence-electron chi connectivity index (χ0n) is 3.57. The van der Waals surface area contributed by atoms with Gasteiger partial charge in [0.25, 0.3) is 0 Å². The fourth-order valence-corrected chi connectivity index (χ4v) is 0.0833. The lowest BCUT2D eigenvalue weighted by molar-refractivity contribution is 1.54. The Hall–Kier alpha value is -0.850. The molecule has 0 aliphatic carbocycles. The minimum absolute atomic E-state index is 0.370. The van der Waals surface area contributed by atoms with Crippen LogP contribution >= 0.6 is 0 Å². The maximum atomic E-state index is 6.75. The molecule has 1 nitrogen and oxygen atoms in total. The summed E-state index contributed by atoms with van der Waals surface area (Å²) < 4.78 is 0. The van der Waals surface area contributed by atoms with Gasteiger partial charge in [0.1, 0.15) is 0 Å². The van der Waals surface area contributed by atoms with E-state index in [2.05, 4.69) is 13.2 Å². The second-order valence-corrected chi connectivity index (χ2v) is 0.864. The zero-order valence-corrected chi connectivity index (χ0v) is 3.57. The highest BCUT2D eigenvalue weighted by Gasteiger charge is 1.69. The molecule has 0 atom stereocenters. The topological polar surface area (TPSA) is 23.9 Å². The van der Waals surface area contributed by atoms with Crippen molar-refractivity contribution in [3.8, 4) is 0 Å². The normalized spacial score (nSPS) is 6.67. The number of hydrogen-bond acceptors (Lipinski definition) is 1. The molecule has 0 heterocycles. The van der Waals surface area contributed by atoms with Gasteiger partial charge in [-0.15, -0.1) is 0 Å². The summed E-state index contributed by atoms with van der Waals surface area (Å²) in [6.45, 7) is 6.67. The molecule has 0 aliphatic rings. The number of hydrogen-bond donors (Lipinski definition) is 1. The van der Waals surface area contributed by atoms with Crippen LogP contribution in [0.1, 0.15) is 0 Å². The van der Waals surface area contributed by atoms with Gasteiger partial charge in [-0.25, -0.2) is 0 Å². The highest BCUT2D eigenvalue weighted by atomic mass is 14.4. The van der Waals surface area contributed by atoms with Gasteiger partial charge in [0, 0.05) is 0 Å². The molecule has 0 saturated heterocycles. The number of rotatable bonds is 2. The molecule has 0 fully saturated rings. The van der Waals surface area contributed by atoms with E-state index < -0.39 is 0 Å². The van der Waals surface area contributed by atoms with Crippen molar-refractivity contribution < 1.29 is 0 Å². The molecule has 0 aromatic carbocycles. The van der Waals surface area contributed by atoms with E-state index in [-0.39, 0.29) is 0 Å². The maximum absolute atomic E-state index is 6.75. The lowest BCUT2D eigenvalue weighted by atomic mass is 10.4. The first kappa shape index (κ1) is 5.15. The van der Waals surface area contributed by atoms with Crippen molar-refractivity contribution >= 4 is 5.71 Å². The van der Waals surface area contributed by atoms with Crippen molar-refractivity contribution in [2.75, 3.05) is 0 Å². The molecule has 0 bridgehead atoms. The molecule has 1 heteroatoms. The molecular formula is C5H7N. The van der Waals surface area contributed by atoms with Crippen LogP contribution in [0.4, 0.5) is 0 Å². The minimum Gasteiger partial charge on any atom is -0.301 e. The first-order valence-corrected chi connectivity index (χ1v) is 1.64. The standard InChI is InChI=1S/C5H7N/c1-3-5(6)4-2/h3-4,6H,1-2H2.